The predicted molar refractivity (Wildman–Crippen MR) is 85.9 cm³/mol. The molecular formula is C17H19NO4S. The number of rotatable bonds is 3. The summed E-state index contributed by atoms with van der Waals surface area (Å²) in [6.07, 6.45) is 5.58. The summed E-state index contributed by atoms with van der Waals surface area (Å²) in [4.78, 5) is 14.8. The van der Waals surface area contributed by atoms with Crippen molar-refractivity contribution in [2.45, 2.75) is 30.2 Å². The van der Waals surface area contributed by atoms with Crippen molar-refractivity contribution in [1.29, 1.82) is 0 Å². The molecule has 1 saturated heterocycles. The summed E-state index contributed by atoms with van der Waals surface area (Å²) in [5.41, 5.74) is 0.395. The van der Waals surface area contributed by atoms with Crippen molar-refractivity contribution < 1.29 is 17.6 Å². The largest absolute Gasteiger partial charge is 0.467 e. The van der Waals surface area contributed by atoms with Crippen molar-refractivity contribution in [2.75, 3.05) is 12.8 Å². The zero-order chi connectivity index (χ0) is 16.4. The van der Waals surface area contributed by atoms with Gasteiger partial charge in [-0.1, -0.05) is 6.07 Å². The van der Waals surface area contributed by atoms with Gasteiger partial charge in [0.15, 0.2) is 9.84 Å². The van der Waals surface area contributed by atoms with E-state index in [9.17, 15) is 13.2 Å². The topological polar surface area (TPSA) is 67.6 Å². The van der Waals surface area contributed by atoms with E-state index in [1.54, 1.807) is 23.3 Å². The van der Waals surface area contributed by atoms with Gasteiger partial charge in [-0.15, -0.1) is 0 Å². The molecule has 0 unspecified atom stereocenters. The molecule has 5 nitrogen and oxygen atoms in total. The van der Waals surface area contributed by atoms with Crippen LogP contribution in [0.3, 0.4) is 0 Å². The number of hydrogen-bond acceptors (Lipinski definition) is 4. The molecule has 6 heteroatoms. The van der Waals surface area contributed by atoms with Crippen molar-refractivity contribution in [1.82, 2.24) is 4.90 Å². The van der Waals surface area contributed by atoms with Gasteiger partial charge in [0, 0.05) is 18.4 Å². The number of carbonyl (C=O) groups is 1. The van der Waals surface area contributed by atoms with Gasteiger partial charge < -0.3 is 9.32 Å². The van der Waals surface area contributed by atoms with E-state index < -0.39 is 9.84 Å². The smallest absolute Gasteiger partial charge is 0.254 e. The number of benzene rings is 1. The lowest BCUT2D eigenvalue weighted by Gasteiger charge is -2.34. The Bertz CT molecular complexity index is 796. The maximum absolute atomic E-state index is 12.9. The number of hydrogen-bond donors (Lipinski definition) is 0. The molecule has 1 atom stereocenters. The molecule has 1 aliphatic heterocycles. The molecule has 1 aliphatic rings. The number of furan rings is 1. The minimum atomic E-state index is -3.34. The highest BCUT2D eigenvalue weighted by Crippen LogP contribution is 2.32. The Kier molecular flexibility index (Phi) is 4.26. The lowest BCUT2D eigenvalue weighted by atomic mass is 9.99. The first kappa shape index (κ1) is 15.8. The van der Waals surface area contributed by atoms with Gasteiger partial charge in [0.1, 0.15) is 5.76 Å². The van der Waals surface area contributed by atoms with Gasteiger partial charge >= 0.3 is 0 Å². The highest BCUT2D eigenvalue weighted by Gasteiger charge is 2.30. The van der Waals surface area contributed by atoms with Crippen LogP contribution in [0.1, 0.15) is 41.4 Å². The van der Waals surface area contributed by atoms with Crippen LogP contribution in [0.4, 0.5) is 0 Å². The molecule has 1 aromatic carbocycles. The third-order valence-corrected chi connectivity index (χ3v) is 5.25. The van der Waals surface area contributed by atoms with E-state index in [0.717, 1.165) is 31.3 Å². The molecule has 1 amide bonds. The number of sulfone groups is 1. The fraction of sp³-hybridized carbons (Fsp3) is 0.353. The van der Waals surface area contributed by atoms with E-state index in [4.69, 9.17) is 4.42 Å². The lowest BCUT2D eigenvalue weighted by molar-refractivity contribution is 0.0580. The Morgan fingerprint density at radius 2 is 2.04 bits per heavy atom. The molecule has 122 valence electrons. The molecule has 0 saturated carbocycles. The average molecular weight is 333 g/mol. The molecule has 2 aromatic rings. The standard InChI is InChI=1S/C17H19NO4S/c1-23(20,21)14-7-4-6-13(12-14)17(19)18-10-3-2-8-15(18)16-9-5-11-22-16/h4-7,9,11-12,15H,2-3,8,10H2,1H3/t15-/m0/s1. The first-order valence-corrected chi connectivity index (χ1v) is 9.50. The lowest BCUT2D eigenvalue weighted by Crippen LogP contribution is -2.38. The molecule has 0 spiro atoms. The Hall–Kier alpha value is -2.08. The summed E-state index contributed by atoms with van der Waals surface area (Å²) in [5.74, 6) is 0.619. The van der Waals surface area contributed by atoms with Gasteiger partial charge in [0.25, 0.3) is 5.91 Å². The van der Waals surface area contributed by atoms with Gasteiger partial charge in [-0.05, 0) is 49.6 Å². The second-order valence-electron chi connectivity index (χ2n) is 5.83. The molecule has 3 rings (SSSR count). The molecule has 0 bridgehead atoms. The summed E-state index contributed by atoms with van der Waals surface area (Å²) in [5, 5.41) is 0. The van der Waals surface area contributed by atoms with Crippen LogP contribution in [-0.2, 0) is 9.84 Å². The summed E-state index contributed by atoms with van der Waals surface area (Å²) in [7, 11) is -3.34. The zero-order valence-corrected chi connectivity index (χ0v) is 13.8. The Morgan fingerprint density at radius 3 is 2.74 bits per heavy atom. The van der Waals surface area contributed by atoms with Crippen LogP contribution in [0.25, 0.3) is 0 Å². The molecule has 0 N–H and O–H groups in total. The van der Waals surface area contributed by atoms with E-state index in [1.165, 1.54) is 12.1 Å². The number of carbonyl (C=O) groups excluding carboxylic acids is 1. The highest BCUT2D eigenvalue weighted by atomic mass is 32.2. The minimum Gasteiger partial charge on any atom is -0.467 e. The minimum absolute atomic E-state index is 0.0897. The van der Waals surface area contributed by atoms with Gasteiger partial charge in [-0.2, -0.15) is 0 Å². The van der Waals surface area contributed by atoms with E-state index >= 15 is 0 Å². The number of amides is 1. The van der Waals surface area contributed by atoms with Gasteiger partial charge in [0.2, 0.25) is 0 Å². The van der Waals surface area contributed by atoms with Crippen LogP contribution >= 0.6 is 0 Å². The molecule has 1 aromatic heterocycles. The number of nitrogens with zero attached hydrogens (tertiary/aromatic N) is 1. The van der Waals surface area contributed by atoms with Crippen molar-refractivity contribution in [3.8, 4) is 0 Å². The van der Waals surface area contributed by atoms with Gasteiger partial charge in [-0.3, -0.25) is 4.79 Å². The monoisotopic (exact) mass is 333 g/mol. The van der Waals surface area contributed by atoms with Crippen LogP contribution in [0.5, 0.6) is 0 Å². The molecule has 0 aliphatic carbocycles. The first-order chi connectivity index (χ1) is 11.0. The SMILES string of the molecule is CS(=O)(=O)c1cccc(C(=O)N2CCCC[C@H]2c2ccco2)c1. The molecule has 0 radical (unpaired) electrons. The molecule has 1 fully saturated rings. The third-order valence-electron chi connectivity index (χ3n) is 4.14. The number of piperidine rings is 1. The van der Waals surface area contributed by atoms with E-state index in [0.29, 0.717) is 12.1 Å². The van der Waals surface area contributed by atoms with E-state index in [1.807, 2.05) is 12.1 Å². The van der Waals surface area contributed by atoms with E-state index in [2.05, 4.69) is 0 Å². The van der Waals surface area contributed by atoms with Crippen LogP contribution < -0.4 is 0 Å². The van der Waals surface area contributed by atoms with Crippen LogP contribution in [0, 0.1) is 0 Å². The third kappa shape index (κ3) is 3.32. The highest BCUT2D eigenvalue weighted by molar-refractivity contribution is 7.90. The fourth-order valence-electron chi connectivity index (χ4n) is 2.98. The molecule has 23 heavy (non-hydrogen) atoms. The van der Waals surface area contributed by atoms with Crippen LogP contribution in [0.15, 0.2) is 52.0 Å². The van der Waals surface area contributed by atoms with Crippen molar-refractivity contribution in [3.63, 3.8) is 0 Å². The van der Waals surface area contributed by atoms with Gasteiger partial charge in [-0.25, -0.2) is 8.42 Å². The number of likely N-dealkylation sites (tertiary alicyclic amines) is 1. The van der Waals surface area contributed by atoms with Gasteiger partial charge in [0.05, 0.1) is 17.2 Å². The maximum atomic E-state index is 12.9. The van der Waals surface area contributed by atoms with E-state index in [-0.39, 0.29) is 16.8 Å². The summed E-state index contributed by atoms with van der Waals surface area (Å²) >= 11 is 0. The van der Waals surface area contributed by atoms with Crippen molar-refractivity contribution in [3.05, 3.63) is 54.0 Å². The van der Waals surface area contributed by atoms with Crippen LogP contribution in [0.2, 0.25) is 0 Å². The van der Waals surface area contributed by atoms with Crippen LogP contribution in [-0.4, -0.2) is 32.0 Å². The molecule has 2 heterocycles. The Balaban J connectivity index is 1.92. The Labute approximate surface area is 135 Å². The predicted octanol–water partition coefficient (Wildman–Crippen LogP) is 3.05. The first-order valence-electron chi connectivity index (χ1n) is 7.61. The normalized spacial score (nSPS) is 18.8. The van der Waals surface area contributed by atoms with Crippen molar-refractivity contribution >= 4 is 15.7 Å². The quantitative estimate of drug-likeness (QED) is 0.866. The second-order valence-corrected chi connectivity index (χ2v) is 7.84. The second kappa shape index (κ2) is 6.20. The zero-order valence-electron chi connectivity index (χ0n) is 12.9. The summed E-state index contributed by atoms with van der Waals surface area (Å²) < 4.78 is 28.9. The summed E-state index contributed by atoms with van der Waals surface area (Å²) in [6, 6.07) is 9.83. The molecular weight excluding hydrogens is 314 g/mol. The average Bonchev–Trinajstić information content (AvgIpc) is 3.08. The fourth-order valence-corrected chi connectivity index (χ4v) is 3.64. The summed E-state index contributed by atoms with van der Waals surface area (Å²) in [6.45, 7) is 0.646. The maximum Gasteiger partial charge on any atom is 0.254 e. The van der Waals surface area contributed by atoms with Crippen molar-refractivity contribution in [2.24, 2.45) is 0 Å². The Morgan fingerprint density at radius 1 is 1.22 bits per heavy atom.